The highest BCUT2D eigenvalue weighted by atomic mass is 32.2. The largest absolute Gasteiger partial charge is 0.328 e. The van der Waals surface area contributed by atoms with Crippen molar-refractivity contribution in [3.05, 3.63) is 69.0 Å². The van der Waals surface area contributed by atoms with Gasteiger partial charge in [-0.05, 0) is 47.7 Å². The van der Waals surface area contributed by atoms with E-state index in [4.69, 9.17) is 0 Å². The molecule has 0 radical (unpaired) electrons. The lowest BCUT2D eigenvalue weighted by Crippen LogP contribution is -2.23. The van der Waals surface area contributed by atoms with Crippen LogP contribution in [0, 0.1) is 11.6 Å². The molecule has 3 aromatic rings. The Balaban J connectivity index is 1.71. The molecule has 148 valence electrons. The molecule has 2 heterocycles. The van der Waals surface area contributed by atoms with Crippen molar-refractivity contribution in [2.75, 3.05) is 7.05 Å². The van der Waals surface area contributed by atoms with E-state index in [1.54, 1.807) is 31.8 Å². The number of benzene rings is 2. The first-order chi connectivity index (χ1) is 13.8. The molecule has 1 aromatic heterocycles. The third kappa shape index (κ3) is 3.27. The van der Waals surface area contributed by atoms with Gasteiger partial charge in [-0.25, -0.2) is 18.6 Å². The first-order valence-corrected chi connectivity index (χ1v) is 9.44. The van der Waals surface area contributed by atoms with Gasteiger partial charge in [0, 0.05) is 27.2 Å². The van der Waals surface area contributed by atoms with Crippen LogP contribution in [0.4, 0.5) is 14.5 Å². The fraction of sp³-hybridized carbons (Fsp3) is 0.150. The summed E-state index contributed by atoms with van der Waals surface area (Å²) in [4.78, 5) is 30.5. The minimum Gasteiger partial charge on any atom is -0.295 e. The molecule has 0 saturated carbocycles. The van der Waals surface area contributed by atoms with Crippen LogP contribution in [-0.4, -0.2) is 32.2 Å². The highest BCUT2D eigenvalue weighted by molar-refractivity contribution is 8.18. The highest BCUT2D eigenvalue weighted by Gasteiger charge is 2.30. The minimum absolute atomic E-state index is 0.0458. The highest BCUT2D eigenvalue weighted by Crippen LogP contribution is 2.34. The van der Waals surface area contributed by atoms with Gasteiger partial charge in [0.25, 0.3) is 5.91 Å². The maximum absolute atomic E-state index is 13.9. The predicted octanol–water partition coefficient (Wildman–Crippen LogP) is 3.39. The van der Waals surface area contributed by atoms with Gasteiger partial charge in [0.1, 0.15) is 11.5 Å². The number of imidazole rings is 1. The number of aromatic nitrogens is 2. The molecule has 0 bridgehead atoms. The Morgan fingerprint density at radius 3 is 2.41 bits per heavy atom. The summed E-state index contributed by atoms with van der Waals surface area (Å²) in [7, 11) is 4.93. The SMILES string of the molecule is CN1C(=O)/C(=C\c2ccc3c(c2)n(C)c(=O)n3C)SC1=Nc1ccc(F)cc1F. The van der Waals surface area contributed by atoms with Crippen molar-refractivity contribution in [3.63, 3.8) is 0 Å². The zero-order chi connectivity index (χ0) is 20.9. The van der Waals surface area contributed by atoms with Gasteiger partial charge in [0.05, 0.1) is 15.9 Å². The van der Waals surface area contributed by atoms with E-state index in [2.05, 4.69) is 4.99 Å². The van der Waals surface area contributed by atoms with Crippen molar-refractivity contribution >= 4 is 45.6 Å². The number of amidine groups is 1. The zero-order valence-corrected chi connectivity index (χ0v) is 16.6. The summed E-state index contributed by atoms with van der Waals surface area (Å²) >= 11 is 1.10. The topological polar surface area (TPSA) is 59.6 Å². The number of halogens is 2. The van der Waals surface area contributed by atoms with Gasteiger partial charge in [0.2, 0.25) is 0 Å². The van der Waals surface area contributed by atoms with Gasteiger partial charge < -0.3 is 0 Å². The second kappa shape index (κ2) is 7.00. The van der Waals surface area contributed by atoms with Gasteiger partial charge in [-0.1, -0.05) is 6.07 Å². The van der Waals surface area contributed by atoms with Crippen LogP contribution in [0.15, 0.2) is 51.1 Å². The maximum Gasteiger partial charge on any atom is 0.328 e. The number of rotatable bonds is 2. The molecule has 1 aliphatic heterocycles. The smallest absolute Gasteiger partial charge is 0.295 e. The summed E-state index contributed by atoms with van der Waals surface area (Å²) in [5.41, 5.74) is 2.10. The summed E-state index contributed by atoms with van der Waals surface area (Å²) in [5, 5.41) is 0.292. The Labute approximate surface area is 168 Å². The predicted molar refractivity (Wildman–Crippen MR) is 110 cm³/mol. The average Bonchev–Trinajstić information content (AvgIpc) is 3.07. The van der Waals surface area contributed by atoms with E-state index in [0.717, 1.165) is 40.5 Å². The molecule has 9 heteroatoms. The molecule has 1 fully saturated rings. The number of thioether (sulfide) groups is 1. The van der Waals surface area contributed by atoms with Crippen LogP contribution < -0.4 is 5.69 Å². The fourth-order valence-electron chi connectivity index (χ4n) is 3.09. The lowest BCUT2D eigenvalue weighted by molar-refractivity contribution is -0.121. The third-order valence-electron chi connectivity index (χ3n) is 4.72. The number of likely N-dealkylation sites (N-methyl/N-ethyl adjacent to an activating group) is 1. The molecule has 1 aliphatic rings. The van der Waals surface area contributed by atoms with E-state index < -0.39 is 11.6 Å². The molecule has 0 spiro atoms. The van der Waals surface area contributed by atoms with Crippen molar-refractivity contribution in [3.8, 4) is 0 Å². The number of aliphatic imine (C=N–C) groups is 1. The normalized spacial score (nSPS) is 17.3. The van der Waals surface area contributed by atoms with E-state index in [1.807, 2.05) is 18.2 Å². The van der Waals surface area contributed by atoms with Crippen molar-refractivity contribution in [1.82, 2.24) is 14.0 Å². The van der Waals surface area contributed by atoms with Gasteiger partial charge in [-0.3, -0.25) is 18.8 Å². The van der Waals surface area contributed by atoms with Gasteiger partial charge in [-0.15, -0.1) is 0 Å². The minimum atomic E-state index is -0.799. The van der Waals surface area contributed by atoms with Crippen LogP contribution >= 0.6 is 11.8 Å². The van der Waals surface area contributed by atoms with E-state index in [1.165, 1.54) is 15.5 Å². The Kier molecular flexibility index (Phi) is 4.62. The second-order valence-electron chi connectivity index (χ2n) is 6.61. The summed E-state index contributed by atoms with van der Waals surface area (Å²) in [6, 6.07) is 8.54. The molecule has 0 unspecified atom stereocenters. The number of carbonyl (C=O) groups excluding carboxylic acids is 1. The average molecular weight is 414 g/mol. The number of carbonyl (C=O) groups is 1. The molecular weight excluding hydrogens is 398 g/mol. The molecule has 4 rings (SSSR count). The molecule has 0 atom stereocenters. The van der Waals surface area contributed by atoms with Crippen LogP contribution in [0.3, 0.4) is 0 Å². The van der Waals surface area contributed by atoms with E-state index >= 15 is 0 Å². The van der Waals surface area contributed by atoms with Crippen molar-refractivity contribution < 1.29 is 13.6 Å². The summed E-state index contributed by atoms with van der Waals surface area (Å²) in [6.45, 7) is 0. The molecule has 29 heavy (non-hydrogen) atoms. The van der Waals surface area contributed by atoms with Gasteiger partial charge in [0.15, 0.2) is 11.0 Å². The Hall–Kier alpha value is -3.20. The maximum atomic E-state index is 13.9. The Morgan fingerprint density at radius 2 is 1.69 bits per heavy atom. The summed E-state index contributed by atoms with van der Waals surface area (Å²) in [6.07, 6.45) is 1.70. The summed E-state index contributed by atoms with van der Waals surface area (Å²) in [5.74, 6) is -1.77. The second-order valence-corrected chi connectivity index (χ2v) is 7.62. The lowest BCUT2D eigenvalue weighted by Gasteiger charge is -2.07. The zero-order valence-electron chi connectivity index (χ0n) is 15.8. The van der Waals surface area contributed by atoms with Crippen LogP contribution in [0.1, 0.15) is 5.56 Å². The van der Waals surface area contributed by atoms with E-state index in [9.17, 15) is 18.4 Å². The lowest BCUT2D eigenvalue weighted by atomic mass is 10.2. The third-order valence-corrected chi connectivity index (χ3v) is 5.78. The molecule has 1 amide bonds. The monoisotopic (exact) mass is 414 g/mol. The quantitative estimate of drug-likeness (QED) is 0.604. The van der Waals surface area contributed by atoms with E-state index in [0.29, 0.717) is 10.1 Å². The number of hydrogen-bond acceptors (Lipinski definition) is 4. The molecule has 0 N–H and O–H groups in total. The van der Waals surface area contributed by atoms with Crippen LogP contribution in [0.5, 0.6) is 0 Å². The summed E-state index contributed by atoms with van der Waals surface area (Å²) < 4.78 is 30.1. The standard InChI is InChI=1S/C20H16F2N4O2S/c1-24-15-7-4-11(8-16(15)25(2)20(24)28)9-17-18(27)26(3)19(29-17)23-14-6-5-12(21)10-13(14)22/h4-10H,1-3H3/b17-9+,23-19?. The number of aryl methyl sites for hydroxylation is 2. The number of fused-ring (bicyclic) bond motifs is 1. The van der Waals surface area contributed by atoms with Crippen LogP contribution in [0.25, 0.3) is 17.1 Å². The molecule has 2 aromatic carbocycles. The molecule has 6 nitrogen and oxygen atoms in total. The van der Waals surface area contributed by atoms with Crippen molar-refractivity contribution in [2.45, 2.75) is 0 Å². The molecule has 0 aliphatic carbocycles. The fourth-order valence-corrected chi connectivity index (χ4v) is 4.07. The molecule has 1 saturated heterocycles. The Morgan fingerprint density at radius 1 is 0.966 bits per heavy atom. The van der Waals surface area contributed by atoms with Gasteiger partial charge >= 0.3 is 5.69 Å². The number of amides is 1. The first kappa shape index (κ1) is 19.1. The number of hydrogen-bond donors (Lipinski definition) is 0. The van der Waals surface area contributed by atoms with Crippen molar-refractivity contribution in [1.29, 1.82) is 0 Å². The van der Waals surface area contributed by atoms with E-state index in [-0.39, 0.29) is 17.3 Å². The van der Waals surface area contributed by atoms with Crippen LogP contribution in [0.2, 0.25) is 0 Å². The van der Waals surface area contributed by atoms with Gasteiger partial charge in [-0.2, -0.15) is 0 Å². The Bertz CT molecular complexity index is 1290. The van der Waals surface area contributed by atoms with Crippen LogP contribution in [-0.2, 0) is 18.9 Å². The van der Waals surface area contributed by atoms with Crippen molar-refractivity contribution in [2.24, 2.45) is 19.1 Å². The number of nitrogens with zero attached hydrogens (tertiary/aromatic N) is 4. The molecular formula is C20H16F2N4O2S. The first-order valence-electron chi connectivity index (χ1n) is 8.63.